The molecule has 0 aromatic heterocycles. The Morgan fingerprint density at radius 3 is 2.44 bits per heavy atom. The van der Waals surface area contributed by atoms with E-state index in [4.69, 9.17) is 14.6 Å². The third-order valence-electron chi connectivity index (χ3n) is 4.48. The lowest BCUT2D eigenvalue weighted by atomic mass is 10.1. The average molecular weight is 373 g/mol. The fraction of sp³-hybridized carbons (Fsp3) is 0.300. The molecule has 0 saturated heterocycles. The fourth-order valence-corrected chi connectivity index (χ4v) is 3.04. The molecule has 2 aromatic carbocycles. The molecule has 1 fully saturated rings. The highest BCUT2D eigenvalue weighted by atomic mass is 19.1. The molecule has 0 atom stereocenters. The number of benzene rings is 2. The van der Waals surface area contributed by atoms with E-state index in [1.54, 1.807) is 12.1 Å². The van der Waals surface area contributed by atoms with Crippen LogP contribution in [0.15, 0.2) is 36.4 Å². The minimum atomic E-state index is -1.21. The van der Waals surface area contributed by atoms with Crippen molar-refractivity contribution in [1.82, 2.24) is 0 Å². The van der Waals surface area contributed by atoms with E-state index in [0.717, 1.165) is 43.9 Å². The van der Waals surface area contributed by atoms with Gasteiger partial charge in [0, 0.05) is 5.56 Å². The van der Waals surface area contributed by atoms with Crippen LogP contribution in [0.4, 0.5) is 10.1 Å². The summed E-state index contributed by atoms with van der Waals surface area (Å²) in [6, 6.07) is 7.92. The van der Waals surface area contributed by atoms with Gasteiger partial charge in [0.25, 0.3) is 5.91 Å². The van der Waals surface area contributed by atoms with Crippen LogP contribution in [-0.2, 0) is 0 Å². The number of hydrogen-bond acceptors (Lipinski definition) is 4. The van der Waals surface area contributed by atoms with Crippen molar-refractivity contribution >= 4 is 17.6 Å². The molecule has 1 aliphatic carbocycles. The summed E-state index contributed by atoms with van der Waals surface area (Å²) in [5.74, 6) is -1.54. The van der Waals surface area contributed by atoms with Crippen molar-refractivity contribution in [3.8, 4) is 11.5 Å². The lowest BCUT2D eigenvalue weighted by Gasteiger charge is -2.16. The zero-order chi connectivity index (χ0) is 19.4. The average Bonchev–Trinajstić information content (AvgIpc) is 3.16. The van der Waals surface area contributed by atoms with Gasteiger partial charge < -0.3 is 19.9 Å². The van der Waals surface area contributed by atoms with E-state index in [0.29, 0.717) is 11.5 Å². The molecule has 7 heteroatoms. The molecule has 0 heterocycles. The van der Waals surface area contributed by atoms with E-state index in [1.807, 2.05) is 0 Å². The summed E-state index contributed by atoms with van der Waals surface area (Å²) in [5, 5.41) is 11.4. The molecule has 0 bridgehead atoms. The Kier molecular flexibility index (Phi) is 5.59. The van der Waals surface area contributed by atoms with Gasteiger partial charge in [0.2, 0.25) is 0 Å². The van der Waals surface area contributed by atoms with Crippen LogP contribution in [-0.4, -0.2) is 30.2 Å². The van der Waals surface area contributed by atoms with Crippen molar-refractivity contribution in [2.75, 3.05) is 12.4 Å². The van der Waals surface area contributed by atoms with Gasteiger partial charge in [0.1, 0.15) is 5.82 Å². The van der Waals surface area contributed by atoms with Crippen LogP contribution in [0.3, 0.4) is 0 Å². The van der Waals surface area contributed by atoms with Gasteiger partial charge in [-0.25, -0.2) is 9.18 Å². The smallest absolute Gasteiger partial charge is 0.335 e. The summed E-state index contributed by atoms with van der Waals surface area (Å²) < 4.78 is 25.1. The molecule has 0 unspecified atom stereocenters. The summed E-state index contributed by atoms with van der Waals surface area (Å²) in [5.41, 5.74) is -0.0829. The second-order valence-corrected chi connectivity index (χ2v) is 6.34. The van der Waals surface area contributed by atoms with Crippen LogP contribution < -0.4 is 14.8 Å². The number of carboxylic acids is 1. The number of halogens is 1. The molecule has 0 aliphatic heterocycles. The first-order valence-electron chi connectivity index (χ1n) is 8.67. The number of carbonyl (C=O) groups excluding carboxylic acids is 1. The highest BCUT2D eigenvalue weighted by Crippen LogP contribution is 2.32. The van der Waals surface area contributed by atoms with Crippen LogP contribution >= 0.6 is 0 Å². The van der Waals surface area contributed by atoms with Crippen molar-refractivity contribution in [3.63, 3.8) is 0 Å². The van der Waals surface area contributed by atoms with Gasteiger partial charge in [-0.3, -0.25) is 4.79 Å². The Labute approximate surface area is 155 Å². The summed E-state index contributed by atoms with van der Waals surface area (Å²) in [7, 11) is 1.48. The molecule has 1 aliphatic rings. The standard InChI is InChI=1S/C20H20FNO5/c1-26-18-11-12(7-9-17(18)27-14-4-2-3-5-14)19(23)22-16-10-13(20(24)25)6-8-15(16)21/h6-11,14H,2-5H2,1H3,(H,22,23)(H,24,25). The molecular formula is C20H20FNO5. The molecule has 3 rings (SSSR count). The van der Waals surface area contributed by atoms with E-state index in [9.17, 15) is 14.0 Å². The minimum absolute atomic E-state index is 0.121. The lowest BCUT2D eigenvalue weighted by molar-refractivity contribution is 0.0696. The van der Waals surface area contributed by atoms with Gasteiger partial charge in [-0.1, -0.05) is 0 Å². The van der Waals surface area contributed by atoms with E-state index >= 15 is 0 Å². The maximum Gasteiger partial charge on any atom is 0.335 e. The largest absolute Gasteiger partial charge is 0.493 e. The van der Waals surface area contributed by atoms with E-state index in [1.165, 1.54) is 13.2 Å². The predicted molar refractivity (Wildman–Crippen MR) is 97.2 cm³/mol. The van der Waals surface area contributed by atoms with Gasteiger partial charge in [0.05, 0.1) is 24.5 Å². The Hall–Kier alpha value is -3.09. The van der Waals surface area contributed by atoms with Crippen LogP contribution in [0.1, 0.15) is 46.4 Å². The molecule has 1 amide bonds. The first kappa shape index (κ1) is 18.7. The zero-order valence-electron chi connectivity index (χ0n) is 14.8. The van der Waals surface area contributed by atoms with Crippen molar-refractivity contribution in [1.29, 1.82) is 0 Å². The lowest BCUT2D eigenvalue weighted by Crippen LogP contribution is -2.15. The van der Waals surface area contributed by atoms with E-state index < -0.39 is 17.7 Å². The number of anilines is 1. The second kappa shape index (κ2) is 8.07. The number of methoxy groups -OCH3 is 1. The van der Waals surface area contributed by atoms with Gasteiger partial charge in [-0.05, 0) is 62.1 Å². The molecule has 27 heavy (non-hydrogen) atoms. The molecule has 0 spiro atoms. The number of carbonyl (C=O) groups is 2. The van der Waals surface area contributed by atoms with Crippen molar-refractivity contribution in [3.05, 3.63) is 53.3 Å². The van der Waals surface area contributed by atoms with Gasteiger partial charge in [0.15, 0.2) is 11.5 Å². The first-order valence-corrected chi connectivity index (χ1v) is 8.67. The molecule has 2 N–H and O–H groups in total. The Bertz CT molecular complexity index is 861. The third-order valence-corrected chi connectivity index (χ3v) is 4.48. The van der Waals surface area contributed by atoms with Crippen LogP contribution in [0.5, 0.6) is 11.5 Å². The number of rotatable bonds is 6. The highest BCUT2D eigenvalue weighted by Gasteiger charge is 2.20. The normalized spacial score (nSPS) is 14.0. The molecule has 1 saturated carbocycles. The highest BCUT2D eigenvalue weighted by molar-refractivity contribution is 6.05. The van der Waals surface area contributed by atoms with Crippen molar-refractivity contribution < 1.29 is 28.6 Å². The van der Waals surface area contributed by atoms with Gasteiger partial charge in [-0.15, -0.1) is 0 Å². The maximum absolute atomic E-state index is 13.9. The number of hydrogen-bond donors (Lipinski definition) is 2. The van der Waals surface area contributed by atoms with Crippen molar-refractivity contribution in [2.24, 2.45) is 0 Å². The minimum Gasteiger partial charge on any atom is -0.493 e. The SMILES string of the molecule is COc1cc(C(=O)Nc2cc(C(=O)O)ccc2F)ccc1OC1CCCC1. The quantitative estimate of drug-likeness (QED) is 0.796. The summed E-state index contributed by atoms with van der Waals surface area (Å²) in [6.07, 6.45) is 4.39. The molecule has 6 nitrogen and oxygen atoms in total. The number of nitrogens with one attached hydrogen (secondary N) is 1. The van der Waals surface area contributed by atoms with Crippen LogP contribution in [0, 0.1) is 5.82 Å². The third kappa shape index (κ3) is 4.36. The predicted octanol–water partition coefficient (Wildman–Crippen LogP) is 4.11. The number of amides is 1. The Morgan fingerprint density at radius 1 is 1.07 bits per heavy atom. The van der Waals surface area contributed by atoms with Crippen LogP contribution in [0.25, 0.3) is 0 Å². The van der Waals surface area contributed by atoms with Crippen molar-refractivity contribution in [2.45, 2.75) is 31.8 Å². The van der Waals surface area contributed by atoms with E-state index in [2.05, 4.69) is 5.32 Å². The summed E-state index contributed by atoms with van der Waals surface area (Å²) in [4.78, 5) is 23.5. The monoisotopic (exact) mass is 373 g/mol. The van der Waals surface area contributed by atoms with Crippen LogP contribution in [0.2, 0.25) is 0 Å². The number of aromatic carboxylic acids is 1. The zero-order valence-corrected chi connectivity index (χ0v) is 14.8. The summed E-state index contributed by atoms with van der Waals surface area (Å²) >= 11 is 0. The van der Waals surface area contributed by atoms with Gasteiger partial charge >= 0.3 is 5.97 Å². The second-order valence-electron chi connectivity index (χ2n) is 6.34. The molecule has 142 valence electrons. The maximum atomic E-state index is 13.9. The molecule has 2 aromatic rings. The number of ether oxygens (including phenoxy) is 2. The Balaban J connectivity index is 1.78. The van der Waals surface area contributed by atoms with Gasteiger partial charge in [-0.2, -0.15) is 0 Å². The fourth-order valence-electron chi connectivity index (χ4n) is 3.04. The Morgan fingerprint density at radius 2 is 1.78 bits per heavy atom. The topological polar surface area (TPSA) is 84.9 Å². The molecule has 0 radical (unpaired) electrons. The summed E-state index contributed by atoms with van der Waals surface area (Å²) in [6.45, 7) is 0. The number of carboxylic acid groups (broad SMARTS) is 1. The van der Waals surface area contributed by atoms with E-state index in [-0.39, 0.29) is 22.9 Å². The first-order chi connectivity index (χ1) is 13.0. The molecular weight excluding hydrogens is 353 g/mol.